The molecule has 124 valence electrons. The van der Waals surface area contributed by atoms with E-state index in [9.17, 15) is 10.1 Å². The number of nitro benzene ring substituents is 1. The molecule has 0 saturated carbocycles. The van der Waals surface area contributed by atoms with Crippen LogP contribution in [0.15, 0.2) is 35.8 Å². The summed E-state index contributed by atoms with van der Waals surface area (Å²) in [5.74, 6) is 0. The first kappa shape index (κ1) is 15.3. The van der Waals surface area contributed by atoms with Gasteiger partial charge in [0, 0.05) is 29.3 Å². The molecular weight excluding hydrogens is 326 g/mol. The number of aromatic nitrogens is 2. The zero-order valence-corrected chi connectivity index (χ0v) is 14.0. The van der Waals surface area contributed by atoms with Crippen LogP contribution in [0.4, 0.5) is 5.69 Å². The van der Waals surface area contributed by atoms with Gasteiger partial charge in [-0.3, -0.25) is 14.5 Å². The van der Waals surface area contributed by atoms with Gasteiger partial charge in [-0.25, -0.2) is 4.98 Å². The largest absolute Gasteiger partial charge is 0.337 e. The average molecular weight is 345 g/mol. The summed E-state index contributed by atoms with van der Waals surface area (Å²) in [6.07, 6.45) is 2.04. The molecule has 1 aliphatic rings. The molecule has 0 bridgehead atoms. The summed E-state index contributed by atoms with van der Waals surface area (Å²) in [5, 5.41) is 15.5. The van der Waals surface area contributed by atoms with Crippen molar-refractivity contribution in [2.24, 2.45) is 0 Å². The van der Waals surface area contributed by atoms with Crippen molar-refractivity contribution in [3.05, 3.63) is 51.7 Å². The minimum atomic E-state index is -0.354. The number of fused-ring (bicyclic) bond motifs is 1. The Kier molecular flexibility index (Phi) is 4.01. The van der Waals surface area contributed by atoms with Crippen LogP contribution in [0.1, 0.15) is 5.69 Å². The van der Waals surface area contributed by atoms with Gasteiger partial charge in [-0.2, -0.15) is 0 Å². The first-order chi connectivity index (χ1) is 11.7. The first-order valence-corrected chi connectivity index (χ1v) is 8.95. The van der Waals surface area contributed by atoms with Crippen LogP contribution in [0, 0.1) is 10.1 Å². The molecule has 0 atom stereocenters. The summed E-state index contributed by atoms with van der Waals surface area (Å²) in [5.41, 5.74) is 2.93. The highest BCUT2D eigenvalue weighted by molar-refractivity contribution is 7.15. The highest BCUT2D eigenvalue weighted by atomic mass is 32.1. The third-order valence-electron chi connectivity index (χ3n) is 4.51. The minimum absolute atomic E-state index is 0.106. The number of non-ortho nitro benzene ring substituents is 1. The second-order valence-corrected chi connectivity index (χ2v) is 6.94. The third kappa shape index (κ3) is 2.79. The van der Waals surface area contributed by atoms with E-state index in [0.29, 0.717) is 0 Å². The van der Waals surface area contributed by atoms with E-state index < -0.39 is 0 Å². The molecule has 1 fully saturated rings. The lowest BCUT2D eigenvalue weighted by Gasteiger charge is -2.22. The SMILES string of the molecule is O=[N+]([O-])c1cccc(-c2nc3sccn3c2C[NH+]2CC[NH2+]CC2)c1. The van der Waals surface area contributed by atoms with E-state index in [4.69, 9.17) is 4.98 Å². The Hall–Kier alpha value is -2.29. The highest BCUT2D eigenvalue weighted by Gasteiger charge is 2.23. The van der Waals surface area contributed by atoms with Gasteiger partial charge >= 0.3 is 0 Å². The molecule has 3 heterocycles. The maximum atomic E-state index is 11.1. The van der Waals surface area contributed by atoms with E-state index in [0.717, 1.165) is 54.6 Å². The number of nitrogens with zero attached hydrogens (tertiary/aromatic N) is 3. The van der Waals surface area contributed by atoms with Crippen molar-refractivity contribution in [3.8, 4) is 11.3 Å². The van der Waals surface area contributed by atoms with E-state index in [-0.39, 0.29) is 10.6 Å². The van der Waals surface area contributed by atoms with Crippen molar-refractivity contribution in [2.75, 3.05) is 26.2 Å². The van der Waals surface area contributed by atoms with Crippen LogP contribution in [0.2, 0.25) is 0 Å². The number of nitro groups is 1. The number of nitrogens with one attached hydrogen (secondary N) is 1. The van der Waals surface area contributed by atoms with Crippen LogP contribution in [0.25, 0.3) is 16.2 Å². The standard InChI is InChI=1S/C16H17N5O2S/c22-21(23)13-3-1-2-12(10-13)15-14(11-19-6-4-17-5-7-19)20-8-9-24-16(20)18-15/h1-3,8-10,17H,4-7,11H2/p+2. The summed E-state index contributed by atoms with van der Waals surface area (Å²) < 4.78 is 2.13. The molecule has 0 unspecified atom stereocenters. The molecular formula is C16H19N5O2S+2. The van der Waals surface area contributed by atoms with E-state index in [2.05, 4.69) is 9.72 Å². The molecule has 1 aliphatic heterocycles. The molecule has 1 saturated heterocycles. The molecule has 24 heavy (non-hydrogen) atoms. The highest BCUT2D eigenvalue weighted by Crippen LogP contribution is 2.28. The second-order valence-electron chi connectivity index (χ2n) is 6.06. The normalized spacial score (nSPS) is 15.8. The molecule has 0 radical (unpaired) electrons. The number of hydrogen-bond acceptors (Lipinski definition) is 4. The van der Waals surface area contributed by atoms with Crippen LogP contribution in [0.3, 0.4) is 0 Å². The molecule has 0 spiro atoms. The minimum Gasteiger partial charge on any atom is -0.337 e. The van der Waals surface area contributed by atoms with Gasteiger partial charge in [-0.05, 0) is 0 Å². The Morgan fingerprint density at radius 3 is 3.00 bits per heavy atom. The Morgan fingerprint density at radius 2 is 2.21 bits per heavy atom. The fourth-order valence-corrected chi connectivity index (χ4v) is 4.03. The van der Waals surface area contributed by atoms with Crippen LogP contribution in [-0.2, 0) is 6.54 Å². The number of imidazole rings is 1. The zero-order valence-electron chi connectivity index (χ0n) is 13.1. The molecule has 3 aromatic rings. The number of nitrogens with two attached hydrogens (primary N) is 1. The summed E-state index contributed by atoms with van der Waals surface area (Å²) in [6, 6.07) is 6.78. The molecule has 4 rings (SSSR count). The molecule has 7 nitrogen and oxygen atoms in total. The monoisotopic (exact) mass is 345 g/mol. The first-order valence-electron chi connectivity index (χ1n) is 8.07. The van der Waals surface area contributed by atoms with Gasteiger partial charge in [0.05, 0.1) is 10.6 Å². The zero-order chi connectivity index (χ0) is 16.5. The summed E-state index contributed by atoms with van der Waals surface area (Å²) in [4.78, 5) is 18.0. The van der Waals surface area contributed by atoms with Gasteiger partial charge in [0.25, 0.3) is 5.69 Å². The Balaban J connectivity index is 1.77. The van der Waals surface area contributed by atoms with Gasteiger partial charge in [-0.15, -0.1) is 11.3 Å². The molecule has 8 heteroatoms. The van der Waals surface area contributed by atoms with E-state index >= 15 is 0 Å². The number of thiazole rings is 1. The number of hydrogen-bond donors (Lipinski definition) is 2. The third-order valence-corrected chi connectivity index (χ3v) is 5.27. The van der Waals surface area contributed by atoms with Crippen molar-refractivity contribution < 1.29 is 15.1 Å². The molecule has 1 aromatic carbocycles. The van der Waals surface area contributed by atoms with Crippen LogP contribution >= 0.6 is 11.3 Å². The number of rotatable bonds is 4. The van der Waals surface area contributed by atoms with Crippen LogP contribution in [-0.4, -0.2) is 40.5 Å². The van der Waals surface area contributed by atoms with E-state index in [1.54, 1.807) is 23.5 Å². The van der Waals surface area contributed by atoms with Crippen molar-refractivity contribution in [1.29, 1.82) is 0 Å². The topological polar surface area (TPSA) is 81.5 Å². The van der Waals surface area contributed by atoms with Gasteiger partial charge in [0.1, 0.15) is 38.4 Å². The van der Waals surface area contributed by atoms with Gasteiger partial charge in [0.2, 0.25) is 0 Å². The lowest BCUT2D eigenvalue weighted by Crippen LogP contribution is -3.19. The predicted octanol–water partition coefficient (Wildman–Crippen LogP) is -0.0671. The number of benzene rings is 1. The molecule has 0 amide bonds. The van der Waals surface area contributed by atoms with Crippen molar-refractivity contribution in [2.45, 2.75) is 6.54 Å². The smallest absolute Gasteiger partial charge is 0.270 e. The van der Waals surface area contributed by atoms with Crippen LogP contribution in [0.5, 0.6) is 0 Å². The van der Waals surface area contributed by atoms with Gasteiger partial charge in [-0.1, -0.05) is 12.1 Å². The lowest BCUT2D eigenvalue weighted by atomic mass is 10.1. The van der Waals surface area contributed by atoms with E-state index in [1.165, 1.54) is 11.0 Å². The molecule has 2 aromatic heterocycles. The quantitative estimate of drug-likeness (QED) is 0.513. The summed E-state index contributed by atoms with van der Waals surface area (Å²) in [7, 11) is 0. The Labute approximate surface area is 142 Å². The maximum absolute atomic E-state index is 11.1. The Bertz CT molecular complexity index is 882. The maximum Gasteiger partial charge on any atom is 0.270 e. The van der Waals surface area contributed by atoms with Crippen molar-refractivity contribution >= 4 is 22.0 Å². The van der Waals surface area contributed by atoms with Gasteiger partial charge < -0.3 is 10.2 Å². The fraction of sp³-hybridized carbons (Fsp3) is 0.312. The summed E-state index contributed by atoms with van der Waals surface area (Å²) in [6.45, 7) is 5.45. The Morgan fingerprint density at radius 1 is 1.38 bits per heavy atom. The lowest BCUT2D eigenvalue weighted by molar-refractivity contribution is -0.958. The number of piperazine rings is 1. The average Bonchev–Trinajstić information content (AvgIpc) is 3.19. The second kappa shape index (κ2) is 6.31. The van der Waals surface area contributed by atoms with Gasteiger partial charge in [0.15, 0.2) is 4.96 Å². The van der Waals surface area contributed by atoms with Crippen molar-refractivity contribution in [3.63, 3.8) is 0 Å². The van der Waals surface area contributed by atoms with Crippen LogP contribution < -0.4 is 10.2 Å². The predicted molar refractivity (Wildman–Crippen MR) is 91.2 cm³/mol. The van der Waals surface area contributed by atoms with Crippen molar-refractivity contribution in [1.82, 2.24) is 9.38 Å². The summed E-state index contributed by atoms with van der Waals surface area (Å²) >= 11 is 1.59. The molecule has 3 N–H and O–H groups in total. The number of quaternary nitrogens is 2. The molecule has 0 aliphatic carbocycles. The van der Waals surface area contributed by atoms with E-state index in [1.807, 2.05) is 17.6 Å². The fourth-order valence-electron chi connectivity index (χ4n) is 3.29.